The van der Waals surface area contributed by atoms with Crippen molar-refractivity contribution >= 4 is 29.1 Å². The maximum atomic E-state index is 13.1. The lowest BCUT2D eigenvalue weighted by Crippen LogP contribution is -2.53. The van der Waals surface area contributed by atoms with Gasteiger partial charge in [0.1, 0.15) is 0 Å². The van der Waals surface area contributed by atoms with E-state index in [1.807, 2.05) is 30.3 Å². The molecular formula is C25H24Cl2F3N3O2. The molecule has 0 bridgehead atoms. The van der Waals surface area contributed by atoms with E-state index in [4.69, 9.17) is 27.9 Å². The zero-order valence-corrected chi connectivity index (χ0v) is 20.7. The first-order valence-corrected chi connectivity index (χ1v) is 11.4. The van der Waals surface area contributed by atoms with Crippen LogP contribution in [0.25, 0.3) is 0 Å². The average molecular weight is 526 g/mol. The van der Waals surface area contributed by atoms with Crippen molar-refractivity contribution in [2.75, 3.05) is 7.05 Å². The van der Waals surface area contributed by atoms with E-state index in [1.165, 1.54) is 13.8 Å². The highest BCUT2D eigenvalue weighted by Gasteiger charge is 2.34. The molecule has 3 rings (SSSR count). The first-order chi connectivity index (χ1) is 16.3. The first-order valence-electron chi connectivity index (χ1n) is 10.6. The van der Waals surface area contributed by atoms with Gasteiger partial charge in [0.2, 0.25) is 5.88 Å². The van der Waals surface area contributed by atoms with Crippen LogP contribution >= 0.6 is 23.2 Å². The quantitative estimate of drug-likeness (QED) is 0.340. The lowest BCUT2D eigenvalue weighted by molar-refractivity contribution is -0.141. The number of hydrogen-bond acceptors (Lipinski definition) is 4. The predicted octanol–water partition coefficient (Wildman–Crippen LogP) is 6.51. The Kier molecular flexibility index (Phi) is 8.30. The zero-order valence-electron chi connectivity index (χ0n) is 19.2. The van der Waals surface area contributed by atoms with E-state index < -0.39 is 23.2 Å². The summed E-state index contributed by atoms with van der Waals surface area (Å²) in [6, 6.07) is 16.3. The van der Waals surface area contributed by atoms with Gasteiger partial charge in [-0.2, -0.15) is 13.2 Å². The highest BCUT2D eigenvalue weighted by Crippen LogP contribution is 2.30. The van der Waals surface area contributed by atoms with Crippen molar-refractivity contribution in [3.63, 3.8) is 0 Å². The van der Waals surface area contributed by atoms with Crippen molar-refractivity contribution in [3.05, 3.63) is 93.6 Å². The van der Waals surface area contributed by atoms with Gasteiger partial charge in [0.15, 0.2) is 5.60 Å². The second-order valence-corrected chi connectivity index (χ2v) is 9.32. The third-order valence-corrected chi connectivity index (χ3v) is 5.78. The molecule has 0 fully saturated rings. The van der Waals surface area contributed by atoms with Gasteiger partial charge in [-0.15, -0.1) is 0 Å². The number of hydrogen-bond donors (Lipinski definition) is 1. The van der Waals surface area contributed by atoms with Gasteiger partial charge in [-0.05, 0) is 61.7 Å². The molecule has 186 valence electrons. The summed E-state index contributed by atoms with van der Waals surface area (Å²) in [5.74, 6) is -0.613. The molecule has 1 unspecified atom stereocenters. The fraction of sp³-hybridized carbons (Fsp3) is 0.280. The van der Waals surface area contributed by atoms with Crippen LogP contribution in [-0.2, 0) is 17.4 Å². The third-order valence-electron chi connectivity index (χ3n) is 5.29. The maximum Gasteiger partial charge on any atom is 0.417 e. The Balaban J connectivity index is 1.76. The van der Waals surface area contributed by atoms with Crippen LogP contribution in [0.4, 0.5) is 13.2 Å². The number of alkyl halides is 3. The van der Waals surface area contributed by atoms with E-state index in [9.17, 15) is 18.0 Å². The predicted molar refractivity (Wildman–Crippen MR) is 129 cm³/mol. The van der Waals surface area contributed by atoms with E-state index >= 15 is 0 Å². The molecule has 1 heterocycles. The molecule has 1 atom stereocenters. The minimum absolute atomic E-state index is 0.103. The Labute approximate surface area is 211 Å². The smallest absolute Gasteiger partial charge is 0.417 e. The van der Waals surface area contributed by atoms with E-state index in [0.717, 1.165) is 23.3 Å². The number of benzene rings is 2. The minimum atomic E-state index is -4.51. The summed E-state index contributed by atoms with van der Waals surface area (Å²) in [4.78, 5) is 16.8. The van der Waals surface area contributed by atoms with Crippen LogP contribution in [0.2, 0.25) is 10.0 Å². The number of rotatable bonds is 8. The Hall–Kier alpha value is -2.81. The van der Waals surface area contributed by atoms with Crippen LogP contribution in [0.5, 0.6) is 5.88 Å². The van der Waals surface area contributed by atoms with E-state index in [1.54, 1.807) is 30.3 Å². The molecule has 0 aliphatic heterocycles. The number of nitrogens with zero attached hydrogens (tertiary/aromatic N) is 2. The topological polar surface area (TPSA) is 54.5 Å². The highest BCUT2D eigenvalue weighted by atomic mass is 35.5. The molecule has 10 heteroatoms. The minimum Gasteiger partial charge on any atom is -0.461 e. The molecule has 0 aliphatic rings. The summed E-state index contributed by atoms with van der Waals surface area (Å²) >= 11 is 12.2. The summed E-state index contributed by atoms with van der Waals surface area (Å²) < 4.78 is 44.0. The average Bonchev–Trinajstić information content (AvgIpc) is 2.78. The molecule has 0 spiro atoms. The first kappa shape index (κ1) is 26.8. The standard InChI is InChI=1S/C25H24Cl2F3N3O2/c1-24(2,35-22-12-9-18(15-31-22)25(28,29)30)23(34)32-33(3)21(17-5-4-6-20(27)14-17)13-16-7-10-19(26)11-8-16/h4-12,14-15,21H,13H2,1-3H3,(H,32,34). The van der Waals surface area contributed by atoms with Crippen LogP contribution < -0.4 is 10.2 Å². The summed E-state index contributed by atoms with van der Waals surface area (Å²) in [6.07, 6.45) is -3.31. The van der Waals surface area contributed by atoms with E-state index in [0.29, 0.717) is 22.7 Å². The molecule has 5 nitrogen and oxygen atoms in total. The van der Waals surface area contributed by atoms with Crippen LogP contribution in [-0.4, -0.2) is 28.5 Å². The lowest BCUT2D eigenvalue weighted by Gasteiger charge is -2.33. The van der Waals surface area contributed by atoms with Crippen molar-refractivity contribution in [2.24, 2.45) is 0 Å². The van der Waals surface area contributed by atoms with Crippen molar-refractivity contribution < 1.29 is 22.7 Å². The molecular weight excluding hydrogens is 502 g/mol. The van der Waals surface area contributed by atoms with Gasteiger partial charge in [0.05, 0.1) is 11.6 Å². The number of likely N-dealkylation sites (N-methyl/N-ethyl adjacent to an activating group) is 1. The molecule has 1 aromatic heterocycles. The van der Waals surface area contributed by atoms with Gasteiger partial charge in [-0.25, -0.2) is 9.99 Å². The molecule has 0 saturated heterocycles. The Morgan fingerprint density at radius 1 is 1.06 bits per heavy atom. The van der Waals surface area contributed by atoms with E-state index in [2.05, 4.69) is 10.4 Å². The van der Waals surface area contributed by atoms with Crippen LogP contribution in [0.1, 0.15) is 36.6 Å². The van der Waals surface area contributed by atoms with Gasteiger partial charge in [-0.3, -0.25) is 10.2 Å². The molecule has 0 saturated carbocycles. The molecule has 2 aromatic carbocycles. The normalized spacial score (nSPS) is 12.9. The Morgan fingerprint density at radius 2 is 1.74 bits per heavy atom. The van der Waals surface area contributed by atoms with Crippen LogP contribution in [0, 0.1) is 0 Å². The summed E-state index contributed by atoms with van der Waals surface area (Å²) in [7, 11) is 1.71. The maximum absolute atomic E-state index is 13.1. The van der Waals surface area contributed by atoms with Crippen LogP contribution in [0.3, 0.4) is 0 Å². The number of amides is 1. The Morgan fingerprint density at radius 3 is 2.31 bits per heavy atom. The zero-order chi connectivity index (χ0) is 25.8. The third kappa shape index (κ3) is 7.34. The summed E-state index contributed by atoms with van der Waals surface area (Å²) in [6.45, 7) is 3.01. The number of carbonyl (C=O) groups is 1. The second kappa shape index (κ2) is 10.8. The fourth-order valence-electron chi connectivity index (χ4n) is 3.32. The fourth-order valence-corrected chi connectivity index (χ4v) is 3.65. The second-order valence-electron chi connectivity index (χ2n) is 8.45. The number of ether oxygens (including phenoxy) is 1. The monoisotopic (exact) mass is 525 g/mol. The molecule has 35 heavy (non-hydrogen) atoms. The summed E-state index contributed by atoms with van der Waals surface area (Å²) in [5.41, 5.74) is 2.35. The number of nitrogens with one attached hydrogen (secondary N) is 1. The van der Waals surface area contributed by atoms with Gasteiger partial charge in [-0.1, -0.05) is 47.5 Å². The lowest BCUT2D eigenvalue weighted by atomic mass is 9.98. The molecule has 3 aromatic rings. The van der Waals surface area contributed by atoms with Gasteiger partial charge in [0.25, 0.3) is 5.91 Å². The number of hydrazine groups is 1. The van der Waals surface area contributed by atoms with Crippen molar-refractivity contribution in [3.8, 4) is 5.88 Å². The molecule has 0 radical (unpaired) electrons. The highest BCUT2D eigenvalue weighted by molar-refractivity contribution is 6.30. The van der Waals surface area contributed by atoms with Crippen molar-refractivity contribution in [2.45, 2.75) is 38.1 Å². The molecule has 0 aliphatic carbocycles. The largest absolute Gasteiger partial charge is 0.461 e. The SMILES string of the molecule is CN(NC(=O)C(C)(C)Oc1ccc(C(F)(F)F)cn1)C(Cc1ccc(Cl)cc1)c1cccc(Cl)c1. The number of carbonyl (C=O) groups excluding carboxylic acids is 1. The van der Waals surface area contributed by atoms with Crippen molar-refractivity contribution in [1.29, 1.82) is 0 Å². The van der Waals surface area contributed by atoms with Gasteiger partial charge >= 0.3 is 6.18 Å². The van der Waals surface area contributed by atoms with Gasteiger partial charge in [0, 0.05) is 29.4 Å². The number of pyridine rings is 1. The van der Waals surface area contributed by atoms with Gasteiger partial charge < -0.3 is 4.74 Å². The summed E-state index contributed by atoms with van der Waals surface area (Å²) in [5, 5.41) is 2.82. The van der Waals surface area contributed by atoms with Crippen LogP contribution in [0.15, 0.2) is 66.9 Å². The Bertz CT molecular complexity index is 1150. The van der Waals surface area contributed by atoms with Crippen molar-refractivity contribution in [1.82, 2.24) is 15.4 Å². The van der Waals surface area contributed by atoms with E-state index in [-0.39, 0.29) is 11.9 Å². The molecule has 1 N–H and O–H groups in total. The molecule has 1 amide bonds. The number of halogens is 5. The number of aromatic nitrogens is 1.